The second kappa shape index (κ2) is 7.56. The van der Waals surface area contributed by atoms with Gasteiger partial charge in [0, 0.05) is 5.39 Å². The van der Waals surface area contributed by atoms with Gasteiger partial charge in [0.15, 0.2) is 11.3 Å². The Balaban J connectivity index is 2.06. The molecule has 5 nitrogen and oxygen atoms in total. The van der Waals surface area contributed by atoms with Crippen LogP contribution in [-0.4, -0.2) is 15.5 Å². The first-order valence-corrected chi connectivity index (χ1v) is 10.5. The van der Waals surface area contributed by atoms with Gasteiger partial charge in [0.05, 0.1) is 17.7 Å². The molecule has 0 radical (unpaired) electrons. The van der Waals surface area contributed by atoms with Gasteiger partial charge in [-0.05, 0) is 43.3 Å². The third-order valence-corrected chi connectivity index (χ3v) is 6.30. The molecular formula is C23H19NO4S. The summed E-state index contributed by atoms with van der Waals surface area (Å²) in [6, 6.07) is 22.6. The quantitative estimate of drug-likeness (QED) is 0.488. The monoisotopic (exact) mass is 405 g/mol. The Morgan fingerprint density at radius 1 is 0.897 bits per heavy atom. The Kier molecular flexibility index (Phi) is 4.94. The lowest BCUT2D eigenvalue weighted by molar-refractivity contribution is 0.404. The lowest BCUT2D eigenvalue weighted by atomic mass is 10.2. The zero-order valence-electron chi connectivity index (χ0n) is 16.0. The van der Waals surface area contributed by atoms with E-state index in [1.807, 2.05) is 31.2 Å². The first-order chi connectivity index (χ1) is 14.0. The number of hydrogen-bond donors (Lipinski definition) is 0. The van der Waals surface area contributed by atoms with E-state index in [-0.39, 0.29) is 15.3 Å². The van der Waals surface area contributed by atoms with Crippen LogP contribution < -0.4 is 10.3 Å². The Bertz CT molecular complexity index is 1340. The van der Waals surface area contributed by atoms with E-state index in [4.69, 9.17) is 9.15 Å². The molecule has 3 aromatic carbocycles. The Morgan fingerprint density at radius 2 is 1.62 bits per heavy atom. The van der Waals surface area contributed by atoms with E-state index in [0.29, 0.717) is 22.4 Å². The number of sulfone groups is 1. The molecule has 0 spiro atoms. The fraction of sp³-hybridized carbons (Fsp3) is 0.0870. The average Bonchev–Trinajstić information content (AvgIpc) is 2.75. The molecule has 6 heteroatoms. The summed E-state index contributed by atoms with van der Waals surface area (Å²) in [6.45, 7) is 1.97. The van der Waals surface area contributed by atoms with E-state index in [2.05, 4.69) is 4.99 Å². The maximum absolute atomic E-state index is 13.3. The van der Waals surface area contributed by atoms with Crippen LogP contribution in [0.15, 0.2) is 98.1 Å². The molecule has 0 bridgehead atoms. The number of benzene rings is 3. The summed E-state index contributed by atoms with van der Waals surface area (Å²) in [6.07, 6.45) is 0. The molecule has 0 saturated heterocycles. The molecule has 0 fully saturated rings. The SMILES string of the molecule is COc1cccc2cc(S(=O)(=O)c3ccccc3)c(=Nc3ccc(C)cc3)oc12. The van der Waals surface area contributed by atoms with Gasteiger partial charge in [-0.1, -0.05) is 48.0 Å². The molecular weight excluding hydrogens is 386 g/mol. The summed E-state index contributed by atoms with van der Waals surface area (Å²) in [7, 11) is -2.30. The number of ether oxygens (including phenoxy) is 1. The number of rotatable bonds is 4. The highest BCUT2D eigenvalue weighted by atomic mass is 32.2. The molecule has 0 unspecified atom stereocenters. The topological polar surface area (TPSA) is 68.9 Å². The van der Waals surface area contributed by atoms with Crippen LogP contribution >= 0.6 is 0 Å². The fourth-order valence-electron chi connectivity index (χ4n) is 3.00. The van der Waals surface area contributed by atoms with Crippen LogP contribution in [0.4, 0.5) is 5.69 Å². The van der Waals surface area contributed by atoms with Crippen molar-refractivity contribution in [1.82, 2.24) is 0 Å². The lowest BCUT2D eigenvalue weighted by Gasteiger charge is -2.09. The third kappa shape index (κ3) is 3.67. The molecule has 29 heavy (non-hydrogen) atoms. The van der Waals surface area contributed by atoms with Gasteiger partial charge in [-0.3, -0.25) is 0 Å². The zero-order valence-corrected chi connectivity index (χ0v) is 16.8. The third-order valence-electron chi connectivity index (χ3n) is 4.53. The largest absolute Gasteiger partial charge is 0.493 e. The van der Waals surface area contributed by atoms with Crippen molar-refractivity contribution < 1.29 is 17.6 Å². The summed E-state index contributed by atoms with van der Waals surface area (Å²) in [5.74, 6) is 0.506. The predicted molar refractivity (Wildman–Crippen MR) is 111 cm³/mol. The van der Waals surface area contributed by atoms with Crippen LogP contribution in [0.1, 0.15) is 5.56 Å². The average molecular weight is 405 g/mol. The van der Waals surface area contributed by atoms with Crippen molar-refractivity contribution in [2.75, 3.05) is 7.11 Å². The number of hydrogen-bond acceptors (Lipinski definition) is 5. The first-order valence-electron chi connectivity index (χ1n) is 9.01. The highest BCUT2D eigenvalue weighted by molar-refractivity contribution is 7.91. The highest BCUT2D eigenvalue weighted by Crippen LogP contribution is 2.28. The van der Waals surface area contributed by atoms with Crippen molar-refractivity contribution in [1.29, 1.82) is 0 Å². The number of fused-ring (bicyclic) bond motifs is 1. The van der Waals surface area contributed by atoms with Crippen molar-refractivity contribution in [2.24, 2.45) is 4.99 Å². The van der Waals surface area contributed by atoms with E-state index in [9.17, 15) is 8.42 Å². The van der Waals surface area contributed by atoms with Crippen molar-refractivity contribution in [3.05, 3.63) is 90.0 Å². The second-order valence-corrected chi connectivity index (χ2v) is 8.48. The molecule has 4 rings (SSSR count). The molecule has 146 valence electrons. The summed E-state index contributed by atoms with van der Waals surface area (Å²) in [4.78, 5) is 4.68. The molecule has 0 atom stereocenters. The van der Waals surface area contributed by atoms with Crippen molar-refractivity contribution >= 4 is 26.5 Å². The Hall–Kier alpha value is -3.38. The molecule has 0 amide bonds. The standard InChI is InChI=1S/C23H19NO4S/c1-16-11-13-18(14-12-16)24-23-21(29(25,26)19-8-4-3-5-9-19)15-17-7-6-10-20(27-2)22(17)28-23/h3-15H,1-2H3. The van der Waals surface area contributed by atoms with Gasteiger partial charge in [0.1, 0.15) is 4.90 Å². The predicted octanol–water partition coefficient (Wildman–Crippen LogP) is 4.82. The van der Waals surface area contributed by atoms with Crippen LogP contribution in [0.25, 0.3) is 11.0 Å². The summed E-state index contributed by atoms with van der Waals surface area (Å²) in [5.41, 5.74) is 2.12. The molecule has 0 aliphatic carbocycles. The van der Waals surface area contributed by atoms with Gasteiger partial charge in [-0.15, -0.1) is 0 Å². The molecule has 0 aliphatic rings. The van der Waals surface area contributed by atoms with Crippen LogP contribution in [0.3, 0.4) is 0 Å². The lowest BCUT2D eigenvalue weighted by Crippen LogP contribution is -2.16. The zero-order chi connectivity index (χ0) is 20.4. The minimum Gasteiger partial charge on any atom is -0.493 e. The van der Waals surface area contributed by atoms with Crippen LogP contribution in [0, 0.1) is 6.92 Å². The van der Waals surface area contributed by atoms with Crippen LogP contribution in [0.2, 0.25) is 0 Å². The van der Waals surface area contributed by atoms with E-state index in [0.717, 1.165) is 5.56 Å². The minimum absolute atomic E-state index is 0.00466. The van der Waals surface area contributed by atoms with E-state index >= 15 is 0 Å². The van der Waals surface area contributed by atoms with Gasteiger partial charge in [0.25, 0.3) is 0 Å². The summed E-state index contributed by atoms with van der Waals surface area (Å²) < 4.78 is 38.1. The van der Waals surface area contributed by atoms with Crippen LogP contribution in [0.5, 0.6) is 5.75 Å². The Morgan fingerprint density at radius 3 is 2.31 bits per heavy atom. The molecule has 0 saturated carbocycles. The van der Waals surface area contributed by atoms with Crippen molar-refractivity contribution in [2.45, 2.75) is 16.7 Å². The number of nitrogens with zero attached hydrogens (tertiary/aromatic N) is 1. The van der Waals surface area contributed by atoms with Gasteiger partial charge in [0.2, 0.25) is 15.4 Å². The molecule has 4 aromatic rings. The number of para-hydroxylation sites is 1. The second-order valence-electron chi connectivity index (χ2n) is 6.56. The molecule has 0 N–H and O–H groups in total. The molecule has 1 heterocycles. The van der Waals surface area contributed by atoms with Gasteiger partial charge in [-0.2, -0.15) is 0 Å². The molecule has 1 aromatic heterocycles. The maximum Gasteiger partial charge on any atom is 0.239 e. The first kappa shape index (κ1) is 19.0. The van der Waals surface area contributed by atoms with Crippen molar-refractivity contribution in [3.63, 3.8) is 0 Å². The minimum atomic E-state index is -3.84. The maximum atomic E-state index is 13.3. The summed E-state index contributed by atoms with van der Waals surface area (Å²) in [5, 5.41) is 0.613. The number of aryl methyl sites for hydroxylation is 1. The van der Waals surface area contributed by atoms with Gasteiger partial charge >= 0.3 is 0 Å². The number of methoxy groups -OCH3 is 1. The van der Waals surface area contributed by atoms with E-state index in [1.54, 1.807) is 54.6 Å². The highest BCUT2D eigenvalue weighted by Gasteiger charge is 2.23. The fourth-order valence-corrected chi connectivity index (χ4v) is 4.37. The molecule has 0 aliphatic heterocycles. The van der Waals surface area contributed by atoms with E-state index < -0.39 is 9.84 Å². The van der Waals surface area contributed by atoms with Crippen molar-refractivity contribution in [3.8, 4) is 5.75 Å². The smallest absolute Gasteiger partial charge is 0.239 e. The normalized spacial score (nSPS) is 12.3. The van der Waals surface area contributed by atoms with Crippen LogP contribution in [-0.2, 0) is 9.84 Å². The van der Waals surface area contributed by atoms with Gasteiger partial charge < -0.3 is 9.15 Å². The Labute approximate surface area is 168 Å². The summed E-state index contributed by atoms with van der Waals surface area (Å²) >= 11 is 0. The van der Waals surface area contributed by atoms with E-state index in [1.165, 1.54) is 7.11 Å². The van der Waals surface area contributed by atoms with Gasteiger partial charge in [-0.25, -0.2) is 13.4 Å².